The summed E-state index contributed by atoms with van der Waals surface area (Å²) in [4.78, 5) is 31.3. The minimum Gasteiger partial charge on any atom is -0.384 e. The number of Topliss-reactive ketones (excluding diaryl/α,β-unsaturated/α-hetero) is 1. The fourth-order valence-corrected chi connectivity index (χ4v) is 6.16. The van der Waals surface area contributed by atoms with Gasteiger partial charge in [-0.2, -0.15) is 5.26 Å². The van der Waals surface area contributed by atoms with E-state index in [-0.39, 0.29) is 34.9 Å². The number of rotatable bonds is 1. The number of benzene rings is 2. The topological polar surface area (TPSA) is 90.4 Å². The highest BCUT2D eigenvalue weighted by Crippen LogP contribution is 2.58. The number of aryl methyl sites for hydroxylation is 1. The minimum atomic E-state index is -1.54. The Morgan fingerprint density at radius 1 is 1.09 bits per heavy atom. The zero-order valence-electron chi connectivity index (χ0n) is 19.6. The normalized spacial score (nSPS) is 23.4. The van der Waals surface area contributed by atoms with Crippen LogP contribution in [0.2, 0.25) is 0 Å². The van der Waals surface area contributed by atoms with E-state index in [1.807, 2.05) is 68.1 Å². The van der Waals surface area contributed by atoms with E-state index >= 15 is 0 Å². The van der Waals surface area contributed by atoms with Crippen molar-refractivity contribution in [2.75, 3.05) is 16.8 Å². The lowest BCUT2D eigenvalue weighted by molar-refractivity contribution is -0.124. The highest BCUT2D eigenvalue weighted by molar-refractivity contribution is 9.10. The fourth-order valence-electron chi connectivity index (χ4n) is 5.73. The van der Waals surface area contributed by atoms with Gasteiger partial charge in [0.2, 0.25) is 5.91 Å². The first-order chi connectivity index (χ1) is 16.0. The van der Waals surface area contributed by atoms with Gasteiger partial charge in [0.1, 0.15) is 17.3 Å². The van der Waals surface area contributed by atoms with Crippen molar-refractivity contribution in [3.8, 4) is 6.07 Å². The lowest BCUT2D eigenvalue weighted by Gasteiger charge is -2.47. The molecule has 1 spiro atoms. The van der Waals surface area contributed by atoms with E-state index in [0.29, 0.717) is 28.9 Å². The third-order valence-electron chi connectivity index (χ3n) is 7.12. The summed E-state index contributed by atoms with van der Waals surface area (Å²) in [5.41, 5.74) is 9.13. The van der Waals surface area contributed by atoms with Crippen LogP contribution in [0, 0.1) is 23.7 Å². The van der Waals surface area contributed by atoms with Gasteiger partial charge in [0, 0.05) is 40.5 Å². The van der Waals surface area contributed by atoms with Crippen LogP contribution in [0.4, 0.5) is 11.4 Å². The molecule has 2 aromatic rings. The zero-order chi connectivity index (χ0) is 24.6. The van der Waals surface area contributed by atoms with E-state index in [9.17, 15) is 14.9 Å². The number of hydrogen-bond donors (Lipinski definition) is 1. The summed E-state index contributed by atoms with van der Waals surface area (Å²) in [5, 5.41) is 10.5. The number of fused-ring (bicyclic) bond motifs is 3. The fraction of sp³-hybridized carbons (Fsp3) is 0.296. The van der Waals surface area contributed by atoms with Crippen LogP contribution in [-0.2, 0) is 15.0 Å². The molecule has 34 heavy (non-hydrogen) atoms. The highest BCUT2D eigenvalue weighted by Gasteiger charge is 2.62. The van der Waals surface area contributed by atoms with Crippen molar-refractivity contribution >= 4 is 39.0 Å². The van der Waals surface area contributed by atoms with E-state index < -0.39 is 5.41 Å². The summed E-state index contributed by atoms with van der Waals surface area (Å²) in [6.45, 7) is 6.06. The third kappa shape index (κ3) is 2.78. The molecule has 7 heteroatoms. The Morgan fingerprint density at radius 3 is 2.50 bits per heavy atom. The van der Waals surface area contributed by atoms with E-state index in [2.05, 4.69) is 22.0 Å². The molecule has 6 nitrogen and oxygen atoms in total. The van der Waals surface area contributed by atoms with Gasteiger partial charge in [0.15, 0.2) is 5.78 Å². The standard InChI is InChI=1S/C27H25BrN4O2/c1-15-9-10-18(28)20(11-15)32-21-12-26(2,3)13-22(33)23(21)27(17(14-29)24(32)30)16-7-5-6-8-19(16)31(4)25(27)34/h5-11H,12-13,30H2,1-4H3. The average molecular weight is 517 g/mol. The molecule has 2 N–H and O–H groups in total. The van der Waals surface area contributed by atoms with Crippen molar-refractivity contribution in [1.29, 1.82) is 5.26 Å². The SMILES string of the molecule is Cc1ccc(Br)c(N2C(N)=C(C#N)C3(C(=O)N(C)c4ccccc43)C3=C2CC(C)(C)CC3=O)c1. The van der Waals surface area contributed by atoms with Crippen LogP contribution in [0.1, 0.15) is 37.8 Å². The van der Waals surface area contributed by atoms with Gasteiger partial charge in [-0.1, -0.05) is 38.1 Å². The van der Waals surface area contributed by atoms with Gasteiger partial charge in [-0.15, -0.1) is 0 Å². The van der Waals surface area contributed by atoms with Crippen molar-refractivity contribution in [1.82, 2.24) is 0 Å². The van der Waals surface area contributed by atoms with Crippen LogP contribution in [0.5, 0.6) is 0 Å². The lowest BCUT2D eigenvalue weighted by atomic mass is 9.60. The van der Waals surface area contributed by atoms with Gasteiger partial charge in [-0.05, 0) is 58.5 Å². The molecule has 172 valence electrons. The maximum atomic E-state index is 14.1. The van der Waals surface area contributed by atoms with Crippen molar-refractivity contribution in [3.63, 3.8) is 0 Å². The van der Waals surface area contributed by atoms with E-state index in [1.165, 1.54) is 4.90 Å². The highest BCUT2D eigenvalue weighted by atomic mass is 79.9. The van der Waals surface area contributed by atoms with Crippen molar-refractivity contribution in [2.45, 2.75) is 39.0 Å². The first kappa shape index (κ1) is 22.4. The number of carbonyl (C=O) groups excluding carboxylic acids is 2. The number of nitrogens with zero attached hydrogens (tertiary/aromatic N) is 3. The summed E-state index contributed by atoms with van der Waals surface area (Å²) in [5.74, 6) is -0.271. The Kier molecular flexibility index (Phi) is 4.82. The number of halogens is 1. The molecule has 0 bridgehead atoms. The Morgan fingerprint density at radius 2 is 1.79 bits per heavy atom. The number of nitrogens with two attached hydrogens (primary N) is 1. The summed E-state index contributed by atoms with van der Waals surface area (Å²) in [6.07, 6.45) is 0.822. The molecule has 0 fully saturated rings. The average Bonchev–Trinajstić information content (AvgIpc) is 2.98. The molecule has 1 unspecified atom stereocenters. The molecular weight excluding hydrogens is 492 g/mol. The second-order valence-electron chi connectivity index (χ2n) is 10.1. The van der Waals surface area contributed by atoms with Crippen molar-refractivity contribution < 1.29 is 9.59 Å². The molecule has 1 amide bonds. The second-order valence-corrected chi connectivity index (χ2v) is 10.9. The maximum absolute atomic E-state index is 14.1. The molecule has 2 aromatic carbocycles. The first-order valence-electron chi connectivity index (χ1n) is 11.2. The predicted octanol–water partition coefficient (Wildman–Crippen LogP) is 4.83. The molecule has 0 radical (unpaired) electrons. The quantitative estimate of drug-likeness (QED) is 0.586. The Bertz CT molecular complexity index is 1400. The summed E-state index contributed by atoms with van der Waals surface area (Å²) >= 11 is 3.63. The molecule has 1 atom stereocenters. The number of anilines is 2. The predicted molar refractivity (Wildman–Crippen MR) is 135 cm³/mol. The number of likely N-dealkylation sites (N-methyl/N-ethyl adjacent to an activating group) is 1. The monoisotopic (exact) mass is 516 g/mol. The summed E-state index contributed by atoms with van der Waals surface area (Å²) in [7, 11) is 1.68. The molecule has 3 aliphatic rings. The summed E-state index contributed by atoms with van der Waals surface area (Å²) in [6, 6.07) is 15.5. The van der Waals surface area contributed by atoms with Gasteiger partial charge >= 0.3 is 0 Å². The van der Waals surface area contributed by atoms with Gasteiger partial charge in [-0.25, -0.2) is 0 Å². The smallest absolute Gasteiger partial charge is 0.247 e. The third-order valence-corrected chi connectivity index (χ3v) is 7.79. The lowest BCUT2D eigenvalue weighted by Crippen LogP contribution is -2.53. The molecule has 2 heterocycles. The minimum absolute atomic E-state index is 0.0921. The van der Waals surface area contributed by atoms with Gasteiger partial charge in [0.05, 0.1) is 11.3 Å². The Balaban J connectivity index is 1.94. The number of nitriles is 1. The zero-order valence-corrected chi connectivity index (χ0v) is 21.2. The summed E-state index contributed by atoms with van der Waals surface area (Å²) < 4.78 is 0.784. The largest absolute Gasteiger partial charge is 0.384 e. The maximum Gasteiger partial charge on any atom is 0.247 e. The van der Waals surface area contributed by atoms with E-state index in [1.54, 1.807) is 7.05 Å². The second kappa shape index (κ2) is 7.31. The Labute approximate surface area is 207 Å². The number of allylic oxidation sites excluding steroid dienone is 1. The molecular formula is C27H25BrN4O2. The first-order valence-corrected chi connectivity index (χ1v) is 11.9. The van der Waals surface area contributed by atoms with Crippen LogP contribution < -0.4 is 15.5 Å². The molecule has 2 aliphatic heterocycles. The number of para-hydroxylation sites is 1. The molecule has 5 rings (SSSR count). The van der Waals surface area contributed by atoms with Crippen LogP contribution in [0.25, 0.3) is 0 Å². The van der Waals surface area contributed by atoms with Crippen molar-refractivity contribution in [2.24, 2.45) is 11.1 Å². The molecule has 1 aliphatic carbocycles. The molecule has 0 aromatic heterocycles. The molecule has 0 saturated carbocycles. The number of ketones is 1. The number of hydrogen-bond acceptors (Lipinski definition) is 5. The molecule has 0 saturated heterocycles. The van der Waals surface area contributed by atoms with Crippen LogP contribution in [0.15, 0.2) is 69.6 Å². The number of amides is 1. The van der Waals surface area contributed by atoms with E-state index in [4.69, 9.17) is 5.73 Å². The van der Waals surface area contributed by atoms with E-state index in [0.717, 1.165) is 15.7 Å². The number of carbonyl (C=O) groups is 2. The van der Waals surface area contributed by atoms with Crippen molar-refractivity contribution in [3.05, 3.63) is 80.7 Å². The van der Waals surface area contributed by atoms with Gasteiger partial charge < -0.3 is 10.6 Å². The van der Waals surface area contributed by atoms with Gasteiger partial charge in [-0.3, -0.25) is 14.5 Å². The van der Waals surface area contributed by atoms with Crippen LogP contribution >= 0.6 is 15.9 Å². The van der Waals surface area contributed by atoms with Crippen LogP contribution in [-0.4, -0.2) is 18.7 Å². The Hall–Kier alpha value is -3.37. The van der Waals surface area contributed by atoms with Gasteiger partial charge in [0.25, 0.3) is 0 Å². The van der Waals surface area contributed by atoms with Crippen LogP contribution in [0.3, 0.4) is 0 Å².